The molecule has 0 aromatic heterocycles. The van der Waals surface area contributed by atoms with Crippen LogP contribution in [0.1, 0.15) is 19.3 Å². The molecule has 0 aromatic carbocycles. The summed E-state index contributed by atoms with van der Waals surface area (Å²) in [6.07, 6.45) is 11.7. The van der Waals surface area contributed by atoms with Crippen LogP contribution in [0.2, 0.25) is 0 Å². The average Bonchev–Trinajstić information content (AvgIpc) is 3.04. The van der Waals surface area contributed by atoms with Crippen LogP contribution in [0.4, 0.5) is 0 Å². The van der Waals surface area contributed by atoms with Crippen LogP contribution in [0, 0.1) is 34.5 Å². The van der Waals surface area contributed by atoms with Crippen LogP contribution in [0.3, 0.4) is 0 Å². The Labute approximate surface area is 105 Å². The number of fused-ring (bicyclic) bond motifs is 3. The molecule has 0 N–H and O–H groups in total. The molecule has 6 rings (SSSR count). The Kier molecular flexibility index (Phi) is 1.32. The van der Waals surface area contributed by atoms with Gasteiger partial charge in [0, 0.05) is 0 Å². The zero-order chi connectivity index (χ0) is 12.1. The molecule has 0 spiro atoms. The van der Waals surface area contributed by atoms with E-state index in [4.69, 9.17) is 4.74 Å². The van der Waals surface area contributed by atoms with E-state index in [9.17, 15) is 9.59 Å². The van der Waals surface area contributed by atoms with Crippen molar-refractivity contribution >= 4 is 11.9 Å². The quantitative estimate of drug-likeness (QED) is 0.370. The molecule has 0 radical (unpaired) electrons. The highest BCUT2D eigenvalue weighted by Crippen LogP contribution is 2.77. The molecule has 0 amide bonds. The lowest BCUT2D eigenvalue weighted by atomic mass is 9.43. The predicted octanol–water partition coefficient (Wildman–Crippen LogP) is 1.84. The summed E-state index contributed by atoms with van der Waals surface area (Å²) in [5, 5.41) is 0. The van der Waals surface area contributed by atoms with Gasteiger partial charge in [0.2, 0.25) is 0 Å². The van der Waals surface area contributed by atoms with Crippen LogP contribution < -0.4 is 0 Å². The van der Waals surface area contributed by atoms with Gasteiger partial charge in [0.1, 0.15) is 0 Å². The molecular weight excluding hydrogens is 228 g/mol. The molecule has 1 saturated heterocycles. The van der Waals surface area contributed by atoms with Gasteiger partial charge in [0.25, 0.3) is 0 Å². The van der Waals surface area contributed by atoms with E-state index in [-0.39, 0.29) is 35.6 Å². The zero-order valence-electron chi connectivity index (χ0n) is 9.96. The second-order valence-electron chi connectivity index (χ2n) is 6.42. The molecule has 1 heterocycles. The van der Waals surface area contributed by atoms with E-state index in [0.717, 1.165) is 19.3 Å². The molecule has 1 aliphatic heterocycles. The summed E-state index contributed by atoms with van der Waals surface area (Å²) in [5.41, 5.74) is -1.08. The lowest BCUT2D eigenvalue weighted by molar-refractivity contribution is -0.157. The lowest BCUT2D eigenvalue weighted by Gasteiger charge is -2.55. The standard InChI is InChI=1S/C15H14O3/c16-12-14-8-1-2-9(4-3-8)15(14,13(17)18-12)11-6-5-10(14)7-11/h1-2,5-6,8-11H,3-4,7H2/t8-,9+,10+,11-,14-,15+. The normalized spacial score (nSPS) is 58.0. The van der Waals surface area contributed by atoms with Crippen molar-refractivity contribution in [2.75, 3.05) is 0 Å². The van der Waals surface area contributed by atoms with E-state index < -0.39 is 10.8 Å². The maximum Gasteiger partial charge on any atom is 0.322 e. The van der Waals surface area contributed by atoms with Gasteiger partial charge in [0.05, 0.1) is 10.8 Å². The van der Waals surface area contributed by atoms with E-state index in [1.54, 1.807) is 0 Å². The first-order valence-electron chi connectivity index (χ1n) is 6.85. The lowest BCUT2D eigenvalue weighted by Crippen LogP contribution is -2.60. The SMILES string of the molecule is O=C1OC(=O)[C@]23[C@@H]4C=C[C@@H](CC4)[C@]12[C@@H]1C=C[C@H]3C1. The largest absolute Gasteiger partial charge is 0.392 e. The van der Waals surface area contributed by atoms with Gasteiger partial charge in [-0.2, -0.15) is 0 Å². The Hall–Kier alpha value is -1.38. The Bertz CT molecular complexity index is 514. The molecule has 0 unspecified atom stereocenters. The number of carbonyl (C=O) groups is 2. The van der Waals surface area contributed by atoms with Gasteiger partial charge in [-0.3, -0.25) is 9.59 Å². The van der Waals surface area contributed by atoms with E-state index >= 15 is 0 Å². The molecule has 4 bridgehead atoms. The molecule has 5 aliphatic carbocycles. The minimum absolute atomic E-state index is 0.210. The Balaban J connectivity index is 1.91. The summed E-state index contributed by atoms with van der Waals surface area (Å²) >= 11 is 0. The third kappa shape index (κ3) is 0.611. The molecule has 2 saturated carbocycles. The fourth-order valence-corrected chi connectivity index (χ4v) is 5.93. The first-order valence-corrected chi connectivity index (χ1v) is 6.85. The molecule has 6 atom stereocenters. The van der Waals surface area contributed by atoms with E-state index in [2.05, 4.69) is 24.3 Å². The molecule has 3 heteroatoms. The van der Waals surface area contributed by atoms with Crippen molar-refractivity contribution < 1.29 is 14.3 Å². The number of esters is 2. The maximum atomic E-state index is 12.5. The summed E-state index contributed by atoms with van der Waals surface area (Å²) in [5.74, 6) is 0.396. The van der Waals surface area contributed by atoms with Crippen molar-refractivity contribution in [1.29, 1.82) is 0 Å². The van der Waals surface area contributed by atoms with Gasteiger partial charge in [-0.1, -0.05) is 24.3 Å². The summed E-state index contributed by atoms with van der Waals surface area (Å²) in [7, 11) is 0. The highest BCUT2D eigenvalue weighted by Gasteiger charge is 2.83. The average molecular weight is 242 g/mol. The fourth-order valence-electron chi connectivity index (χ4n) is 5.93. The van der Waals surface area contributed by atoms with Gasteiger partial charge in [-0.05, 0) is 42.9 Å². The zero-order valence-corrected chi connectivity index (χ0v) is 9.96. The van der Waals surface area contributed by atoms with Crippen molar-refractivity contribution in [1.82, 2.24) is 0 Å². The second-order valence-corrected chi connectivity index (χ2v) is 6.42. The smallest absolute Gasteiger partial charge is 0.322 e. The maximum absolute atomic E-state index is 12.5. The molecular formula is C15H14O3. The van der Waals surface area contributed by atoms with Crippen molar-refractivity contribution in [2.24, 2.45) is 34.5 Å². The van der Waals surface area contributed by atoms with Crippen molar-refractivity contribution in [3.8, 4) is 0 Å². The molecule has 18 heavy (non-hydrogen) atoms. The van der Waals surface area contributed by atoms with Gasteiger partial charge in [-0.25, -0.2) is 0 Å². The molecule has 3 fully saturated rings. The second kappa shape index (κ2) is 2.49. The number of rotatable bonds is 0. The van der Waals surface area contributed by atoms with Gasteiger partial charge >= 0.3 is 11.9 Å². The predicted molar refractivity (Wildman–Crippen MR) is 62.1 cm³/mol. The number of hydrogen-bond donors (Lipinski definition) is 0. The number of carbonyl (C=O) groups excluding carboxylic acids is 2. The van der Waals surface area contributed by atoms with Gasteiger partial charge in [-0.15, -0.1) is 0 Å². The summed E-state index contributed by atoms with van der Waals surface area (Å²) in [4.78, 5) is 25.0. The Morgan fingerprint density at radius 3 is 1.72 bits per heavy atom. The van der Waals surface area contributed by atoms with Crippen LogP contribution in [-0.4, -0.2) is 11.9 Å². The third-order valence-electron chi connectivity index (χ3n) is 6.33. The first-order chi connectivity index (χ1) is 8.72. The molecule has 92 valence electrons. The van der Waals surface area contributed by atoms with E-state index in [1.165, 1.54) is 0 Å². The number of hydrogen-bond acceptors (Lipinski definition) is 3. The van der Waals surface area contributed by atoms with Crippen LogP contribution in [-0.2, 0) is 14.3 Å². The van der Waals surface area contributed by atoms with Gasteiger partial charge in [0.15, 0.2) is 0 Å². The van der Waals surface area contributed by atoms with Crippen molar-refractivity contribution in [3.63, 3.8) is 0 Å². The highest BCUT2D eigenvalue weighted by molar-refractivity contribution is 6.05. The molecule has 6 aliphatic rings. The van der Waals surface area contributed by atoms with Gasteiger partial charge < -0.3 is 4.74 Å². The topological polar surface area (TPSA) is 43.4 Å². The number of cyclic esters (lactones) is 2. The highest BCUT2D eigenvalue weighted by atomic mass is 16.6. The Morgan fingerprint density at radius 2 is 1.28 bits per heavy atom. The first kappa shape index (κ1) is 9.54. The van der Waals surface area contributed by atoms with Crippen LogP contribution >= 0.6 is 0 Å². The summed E-state index contributed by atoms with van der Waals surface area (Å²) < 4.78 is 5.16. The molecule has 0 aromatic rings. The van der Waals surface area contributed by atoms with Crippen LogP contribution in [0.25, 0.3) is 0 Å². The summed E-state index contributed by atoms with van der Waals surface area (Å²) in [6.45, 7) is 0. The minimum Gasteiger partial charge on any atom is -0.392 e. The van der Waals surface area contributed by atoms with E-state index in [0.29, 0.717) is 0 Å². The van der Waals surface area contributed by atoms with E-state index in [1.807, 2.05) is 0 Å². The van der Waals surface area contributed by atoms with Crippen molar-refractivity contribution in [2.45, 2.75) is 19.3 Å². The molecule has 3 nitrogen and oxygen atoms in total. The third-order valence-corrected chi connectivity index (χ3v) is 6.33. The number of ether oxygens (including phenoxy) is 1. The number of allylic oxidation sites excluding steroid dienone is 4. The Morgan fingerprint density at radius 1 is 0.833 bits per heavy atom. The minimum atomic E-state index is -0.541. The van der Waals surface area contributed by atoms with Crippen LogP contribution in [0.5, 0.6) is 0 Å². The fraction of sp³-hybridized carbons (Fsp3) is 0.600. The monoisotopic (exact) mass is 242 g/mol. The summed E-state index contributed by atoms with van der Waals surface area (Å²) in [6, 6.07) is 0. The van der Waals surface area contributed by atoms with Crippen LogP contribution in [0.15, 0.2) is 24.3 Å². The van der Waals surface area contributed by atoms with Crippen molar-refractivity contribution in [3.05, 3.63) is 24.3 Å².